The number of fused-ring (bicyclic) bond motifs is 1. The summed E-state index contributed by atoms with van der Waals surface area (Å²) < 4.78 is 5.61. The number of H-pyrrole nitrogens is 1. The summed E-state index contributed by atoms with van der Waals surface area (Å²) in [5.41, 5.74) is 4.11. The van der Waals surface area contributed by atoms with Crippen LogP contribution >= 0.6 is 0 Å². The number of carbonyl (C=O) groups is 1. The lowest BCUT2D eigenvalue weighted by molar-refractivity contribution is -0.119. The summed E-state index contributed by atoms with van der Waals surface area (Å²) >= 11 is 0. The van der Waals surface area contributed by atoms with Gasteiger partial charge in [-0.25, -0.2) is 4.98 Å². The third-order valence-corrected chi connectivity index (χ3v) is 5.44. The van der Waals surface area contributed by atoms with E-state index in [4.69, 9.17) is 9.72 Å². The van der Waals surface area contributed by atoms with Crippen molar-refractivity contribution in [2.75, 3.05) is 11.5 Å². The van der Waals surface area contributed by atoms with Gasteiger partial charge in [0.15, 0.2) is 0 Å². The summed E-state index contributed by atoms with van der Waals surface area (Å²) in [5.74, 6) is 1.57. The van der Waals surface area contributed by atoms with E-state index in [1.807, 2.05) is 43.3 Å². The van der Waals surface area contributed by atoms with Gasteiger partial charge in [0.25, 0.3) is 0 Å². The van der Waals surface area contributed by atoms with Crippen molar-refractivity contribution in [3.8, 4) is 17.0 Å². The average molecular weight is 387 g/mol. The molecule has 0 radical (unpaired) electrons. The summed E-state index contributed by atoms with van der Waals surface area (Å²) in [6, 6.07) is 13.0. The van der Waals surface area contributed by atoms with Crippen LogP contribution in [0.3, 0.4) is 0 Å². The SMILES string of the molecule is Cc1ccc(N(C(=O)C2CC2)c2ccc3c(c2)CCO3)nc1-c1cc[nH]c(=O)c1. The van der Waals surface area contributed by atoms with Crippen LogP contribution < -0.4 is 15.2 Å². The minimum atomic E-state index is -0.182. The molecule has 0 saturated heterocycles. The summed E-state index contributed by atoms with van der Waals surface area (Å²) in [6.45, 7) is 2.62. The zero-order valence-corrected chi connectivity index (χ0v) is 16.1. The van der Waals surface area contributed by atoms with Crippen molar-refractivity contribution >= 4 is 17.4 Å². The molecule has 6 nitrogen and oxygen atoms in total. The molecule has 146 valence electrons. The van der Waals surface area contributed by atoms with E-state index >= 15 is 0 Å². The number of rotatable bonds is 4. The number of ether oxygens (including phenoxy) is 1. The Kier molecular flexibility index (Phi) is 4.19. The van der Waals surface area contributed by atoms with E-state index < -0.39 is 0 Å². The number of anilines is 2. The molecule has 1 aliphatic carbocycles. The number of pyridine rings is 2. The molecule has 2 aliphatic rings. The van der Waals surface area contributed by atoms with Crippen LogP contribution in [0.15, 0.2) is 53.5 Å². The molecule has 1 aromatic carbocycles. The highest BCUT2D eigenvalue weighted by atomic mass is 16.5. The van der Waals surface area contributed by atoms with E-state index in [0.717, 1.165) is 47.4 Å². The number of hydrogen-bond acceptors (Lipinski definition) is 4. The monoisotopic (exact) mass is 387 g/mol. The van der Waals surface area contributed by atoms with E-state index in [1.54, 1.807) is 11.1 Å². The van der Waals surface area contributed by atoms with Crippen LogP contribution in [0, 0.1) is 12.8 Å². The van der Waals surface area contributed by atoms with Gasteiger partial charge in [0, 0.05) is 30.2 Å². The van der Waals surface area contributed by atoms with Gasteiger partial charge in [-0.05, 0) is 61.2 Å². The van der Waals surface area contributed by atoms with Gasteiger partial charge in [-0.2, -0.15) is 0 Å². The molecule has 0 bridgehead atoms. The Morgan fingerprint density at radius 1 is 1.17 bits per heavy atom. The minimum Gasteiger partial charge on any atom is -0.493 e. The topological polar surface area (TPSA) is 75.3 Å². The van der Waals surface area contributed by atoms with Gasteiger partial charge in [0.05, 0.1) is 18.0 Å². The summed E-state index contributed by atoms with van der Waals surface area (Å²) in [4.78, 5) is 34.1. The molecule has 6 heteroatoms. The fraction of sp³-hybridized carbons (Fsp3) is 0.261. The lowest BCUT2D eigenvalue weighted by Gasteiger charge is -2.23. The van der Waals surface area contributed by atoms with Crippen LogP contribution in [-0.2, 0) is 11.2 Å². The van der Waals surface area contributed by atoms with Crippen molar-refractivity contribution in [2.24, 2.45) is 5.92 Å². The maximum Gasteiger partial charge on any atom is 0.248 e. The highest BCUT2D eigenvalue weighted by Gasteiger charge is 2.36. The van der Waals surface area contributed by atoms with Crippen molar-refractivity contribution in [2.45, 2.75) is 26.2 Å². The molecule has 3 aromatic rings. The Hall–Kier alpha value is -3.41. The largest absolute Gasteiger partial charge is 0.493 e. The predicted molar refractivity (Wildman–Crippen MR) is 111 cm³/mol. The molecule has 1 aliphatic heterocycles. The molecule has 5 rings (SSSR count). The Balaban J connectivity index is 1.62. The normalized spacial score (nSPS) is 14.9. The van der Waals surface area contributed by atoms with Crippen LogP contribution in [-0.4, -0.2) is 22.5 Å². The van der Waals surface area contributed by atoms with Gasteiger partial charge >= 0.3 is 0 Å². The summed E-state index contributed by atoms with van der Waals surface area (Å²) in [6.07, 6.45) is 4.28. The van der Waals surface area contributed by atoms with Crippen LogP contribution in [0.4, 0.5) is 11.5 Å². The van der Waals surface area contributed by atoms with Gasteiger partial charge < -0.3 is 9.72 Å². The highest BCUT2D eigenvalue weighted by Crippen LogP contribution is 2.38. The summed E-state index contributed by atoms with van der Waals surface area (Å²) in [7, 11) is 0. The van der Waals surface area contributed by atoms with Crippen LogP contribution in [0.1, 0.15) is 24.0 Å². The number of nitrogens with one attached hydrogen (secondary N) is 1. The van der Waals surface area contributed by atoms with E-state index in [0.29, 0.717) is 18.1 Å². The number of benzene rings is 1. The van der Waals surface area contributed by atoms with E-state index in [9.17, 15) is 9.59 Å². The molecular formula is C23H21N3O3. The third kappa shape index (κ3) is 3.31. The number of hydrogen-bond donors (Lipinski definition) is 1. The maximum atomic E-state index is 13.2. The lowest BCUT2D eigenvalue weighted by Crippen LogP contribution is -2.28. The van der Waals surface area contributed by atoms with Crippen molar-refractivity contribution in [3.63, 3.8) is 0 Å². The first-order valence-electron chi connectivity index (χ1n) is 9.86. The zero-order valence-electron chi connectivity index (χ0n) is 16.1. The van der Waals surface area contributed by atoms with Crippen LogP contribution in [0.25, 0.3) is 11.3 Å². The van der Waals surface area contributed by atoms with Crippen LogP contribution in [0.2, 0.25) is 0 Å². The Morgan fingerprint density at radius 2 is 2.03 bits per heavy atom. The quantitative estimate of drug-likeness (QED) is 0.740. The van der Waals surface area contributed by atoms with Crippen molar-refractivity contribution in [3.05, 3.63) is 70.1 Å². The molecular weight excluding hydrogens is 366 g/mol. The molecule has 3 heterocycles. The molecule has 29 heavy (non-hydrogen) atoms. The Labute approximate surface area is 168 Å². The second-order valence-electron chi connectivity index (χ2n) is 7.61. The fourth-order valence-electron chi connectivity index (χ4n) is 3.72. The molecule has 0 atom stereocenters. The third-order valence-electron chi connectivity index (χ3n) is 5.44. The van der Waals surface area contributed by atoms with Gasteiger partial charge in [0.2, 0.25) is 11.5 Å². The molecule has 1 fully saturated rings. The molecule has 0 unspecified atom stereocenters. The first kappa shape index (κ1) is 17.7. The highest BCUT2D eigenvalue weighted by molar-refractivity contribution is 6.02. The number of aromatic nitrogens is 2. The maximum absolute atomic E-state index is 13.2. The number of aromatic amines is 1. The van der Waals surface area contributed by atoms with Gasteiger partial charge in [0.1, 0.15) is 11.6 Å². The zero-order chi connectivity index (χ0) is 20.0. The van der Waals surface area contributed by atoms with Gasteiger partial charge in [-0.3, -0.25) is 14.5 Å². The first-order chi connectivity index (χ1) is 14.1. The smallest absolute Gasteiger partial charge is 0.248 e. The second-order valence-corrected chi connectivity index (χ2v) is 7.61. The first-order valence-corrected chi connectivity index (χ1v) is 9.86. The van der Waals surface area contributed by atoms with E-state index in [1.165, 1.54) is 6.07 Å². The second kappa shape index (κ2) is 6.88. The number of amides is 1. The molecule has 1 amide bonds. The predicted octanol–water partition coefficient (Wildman–Crippen LogP) is 3.75. The van der Waals surface area contributed by atoms with Gasteiger partial charge in [-0.1, -0.05) is 6.07 Å². The number of nitrogens with zero attached hydrogens (tertiary/aromatic N) is 2. The lowest BCUT2D eigenvalue weighted by atomic mass is 10.1. The average Bonchev–Trinajstić information content (AvgIpc) is 3.47. The van der Waals surface area contributed by atoms with Crippen molar-refractivity contribution < 1.29 is 9.53 Å². The van der Waals surface area contributed by atoms with Gasteiger partial charge in [-0.15, -0.1) is 0 Å². The number of carbonyl (C=O) groups excluding carboxylic acids is 1. The standard InChI is InChI=1S/C23H21N3O3/c1-14-2-7-20(25-22(14)17-8-10-24-21(27)13-17)26(23(28)15-3-4-15)18-5-6-19-16(12-18)9-11-29-19/h2,5-8,10,12-13,15H,3-4,9,11H2,1H3,(H,24,27). The minimum absolute atomic E-state index is 0.0469. The number of aryl methyl sites for hydroxylation is 1. The molecule has 0 spiro atoms. The van der Waals surface area contributed by atoms with E-state index in [2.05, 4.69) is 4.98 Å². The fourth-order valence-corrected chi connectivity index (χ4v) is 3.72. The molecule has 1 N–H and O–H groups in total. The van der Waals surface area contributed by atoms with E-state index in [-0.39, 0.29) is 17.4 Å². The van der Waals surface area contributed by atoms with Crippen LogP contribution in [0.5, 0.6) is 5.75 Å². The summed E-state index contributed by atoms with van der Waals surface area (Å²) in [5, 5.41) is 0. The molecule has 1 saturated carbocycles. The van der Waals surface area contributed by atoms with Crippen molar-refractivity contribution in [1.29, 1.82) is 0 Å². The molecule has 2 aromatic heterocycles. The Morgan fingerprint density at radius 3 is 2.83 bits per heavy atom. The van der Waals surface area contributed by atoms with Crippen molar-refractivity contribution in [1.82, 2.24) is 9.97 Å². The Bertz CT molecular complexity index is 1160.